The van der Waals surface area contributed by atoms with Crippen molar-refractivity contribution in [3.63, 3.8) is 0 Å². The number of aliphatic hydroxyl groups excluding tert-OH is 1. The molecule has 1 unspecified atom stereocenters. The average Bonchev–Trinajstić information content (AvgIpc) is 2.96. The second-order valence-corrected chi connectivity index (χ2v) is 8.49. The number of carbonyl (C=O) groups excluding carboxylic acids is 2. The van der Waals surface area contributed by atoms with Crippen molar-refractivity contribution >= 4 is 11.6 Å². The quantitative estimate of drug-likeness (QED) is 0.736. The molecule has 0 bridgehead atoms. The Morgan fingerprint density at radius 3 is 2.52 bits per heavy atom. The van der Waals surface area contributed by atoms with Crippen LogP contribution in [0.2, 0.25) is 0 Å². The number of ketones is 2. The summed E-state index contributed by atoms with van der Waals surface area (Å²) in [6.45, 7) is 9.97. The van der Waals surface area contributed by atoms with Crippen LogP contribution in [-0.4, -0.2) is 72.1 Å². The standard InChI is InChI=1S/C19H34N2O4/c1-13(22)16-17(24)18(19(2,3)4)25-11-6-5-9-21-10-7-8-14(21)15(23)12-20-16/h13-14,16,18,20,22H,5-12H2,1-4H3/t13-,14+,16+,18?/m1/s1. The van der Waals surface area contributed by atoms with Gasteiger partial charge in [0.05, 0.1) is 24.7 Å². The third-order valence-corrected chi connectivity index (χ3v) is 5.19. The molecule has 0 spiro atoms. The molecule has 25 heavy (non-hydrogen) atoms. The first-order valence-electron chi connectivity index (χ1n) is 9.55. The molecule has 0 amide bonds. The first-order chi connectivity index (χ1) is 11.7. The molecule has 0 aromatic heterocycles. The maximum Gasteiger partial charge on any atom is 0.181 e. The number of hydrogen-bond donors (Lipinski definition) is 2. The van der Waals surface area contributed by atoms with Crippen LogP contribution in [-0.2, 0) is 14.3 Å². The molecule has 2 N–H and O–H groups in total. The van der Waals surface area contributed by atoms with Gasteiger partial charge in [-0.15, -0.1) is 0 Å². The molecule has 6 heteroatoms. The first kappa shape index (κ1) is 20.5. The molecule has 144 valence electrons. The summed E-state index contributed by atoms with van der Waals surface area (Å²) in [6.07, 6.45) is 2.27. The number of aliphatic hydroxyl groups is 1. The van der Waals surface area contributed by atoms with Gasteiger partial charge in [-0.2, -0.15) is 0 Å². The number of rotatable bonds is 1. The number of Topliss-reactive ketones (excluding diaryl/α,β-unsaturated/α-hetero) is 2. The topological polar surface area (TPSA) is 78.9 Å². The Bertz CT molecular complexity index is 473. The Hall–Kier alpha value is -0.820. The van der Waals surface area contributed by atoms with Gasteiger partial charge >= 0.3 is 0 Å². The number of ether oxygens (including phenoxy) is 1. The number of carbonyl (C=O) groups is 2. The van der Waals surface area contributed by atoms with Crippen LogP contribution in [0, 0.1) is 5.41 Å². The maximum absolute atomic E-state index is 13.0. The van der Waals surface area contributed by atoms with Crippen molar-refractivity contribution in [3.05, 3.63) is 0 Å². The molecular weight excluding hydrogens is 320 g/mol. The van der Waals surface area contributed by atoms with E-state index >= 15 is 0 Å². The highest BCUT2D eigenvalue weighted by Crippen LogP contribution is 2.26. The van der Waals surface area contributed by atoms with Gasteiger partial charge in [-0.25, -0.2) is 0 Å². The molecule has 2 fully saturated rings. The highest BCUT2D eigenvalue weighted by molar-refractivity contribution is 5.91. The lowest BCUT2D eigenvalue weighted by molar-refractivity contribution is -0.142. The van der Waals surface area contributed by atoms with Crippen molar-refractivity contribution in [2.45, 2.75) is 77.7 Å². The van der Waals surface area contributed by atoms with E-state index in [1.54, 1.807) is 6.92 Å². The van der Waals surface area contributed by atoms with Crippen LogP contribution >= 0.6 is 0 Å². The van der Waals surface area contributed by atoms with Gasteiger partial charge in [0.15, 0.2) is 11.6 Å². The van der Waals surface area contributed by atoms with E-state index in [1.807, 2.05) is 20.8 Å². The van der Waals surface area contributed by atoms with Gasteiger partial charge in [0.25, 0.3) is 0 Å². The normalized spacial score (nSPS) is 32.4. The molecule has 2 rings (SSSR count). The lowest BCUT2D eigenvalue weighted by Gasteiger charge is -2.33. The van der Waals surface area contributed by atoms with Crippen molar-refractivity contribution in [3.8, 4) is 0 Å². The zero-order valence-corrected chi connectivity index (χ0v) is 16.1. The van der Waals surface area contributed by atoms with E-state index in [9.17, 15) is 14.7 Å². The molecule has 0 saturated carbocycles. The Morgan fingerprint density at radius 1 is 1.20 bits per heavy atom. The zero-order chi connectivity index (χ0) is 18.6. The van der Waals surface area contributed by atoms with Gasteiger partial charge in [-0.3, -0.25) is 19.8 Å². The summed E-state index contributed by atoms with van der Waals surface area (Å²) in [5.41, 5.74) is -0.365. The molecule has 2 saturated heterocycles. The van der Waals surface area contributed by atoms with E-state index in [0.717, 1.165) is 38.8 Å². The number of hydrogen-bond acceptors (Lipinski definition) is 6. The third-order valence-electron chi connectivity index (χ3n) is 5.19. The van der Waals surface area contributed by atoms with Crippen LogP contribution < -0.4 is 5.32 Å². The second-order valence-electron chi connectivity index (χ2n) is 8.49. The van der Waals surface area contributed by atoms with Gasteiger partial charge in [0.2, 0.25) is 0 Å². The van der Waals surface area contributed by atoms with Gasteiger partial charge in [-0.05, 0) is 51.1 Å². The zero-order valence-electron chi connectivity index (χ0n) is 16.1. The minimum Gasteiger partial charge on any atom is -0.391 e. The van der Waals surface area contributed by atoms with Crippen LogP contribution in [0.15, 0.2) is 0 Å². The smallest absolute Gasteiger partial charge is 0.181 e. The van der Waals surface area contributed by atoms with E-state index in [1.165, 1.54) is 0 Å². The lowest BCUT2D eigenvalue weighted by Crippen LogP contribution is -2.55. The molecule has 2 aliphatic rings. The SMILES string of the molecule is C[C@@H](O)[C@@H]1NCC(=O)[C@@H]2CCCN2CCCCOC(C(C)(C)C)C1=O. The number of nitrogens with one attached hydrogen (secondary N) is 1. The van der Waals surface area contributed by atoms with E-state index in [0.29, 0.717) is 6.61 Å². The minimum absolute atomic E-state index is 0.0580. The second kappa shape index (κ2) is 8.71. The van der Waals surface area contributed by atoms with Crippen molar-refractivity contribution in [2.75, 3.05) is 26.2 Å². The van der Waals surface area contributed by atoms with Gasteiger partial charge in [0.1, 0.15) is 6.10 Å². The van der Waals surface area contributed by atoms with Gasteiger partial charge in [0, 0.05) is 6.61 Å². The predicted octanol–water partition coefficient (Wildman–Crippen LogP) is 1.15. The molecule has 6 nitrogen and oxygen atoms in total. The Labute approximate surface area is 151 Å². The Balaban J connectivity index is 2.19. The average molecular weight is 354 g/mol. The van der Waals surface area contributed by atoms with E-state index in [2.05, 4.69) is 10.2 Å². The highest BCUT2D eigenvalue weighted by atomic mass is 16.5. The number of fused-ring (bicyclic) bond motifs is 1. The fourth-order valence-electron chi connectivity index (χ4n) is 3.84. The van der Waals surface area contributed by atoms with E-state index in [-0.39, 0.29) is 29.6 Å². The molecule has 0 aromatic carbocycles. The molecular formula is C19H34N2O4. The first-order valence-corrected chi connectivity index (χ1v) is 9.55. The summed E-state index contributed by atoms with van der Waals surface area (Å²) < 4.78 is 5.95. The fraction of sp³-hybridized carbons (Fsp3) is 0.895. The summed E-state index contributed by atoms with van der Waals surface area (Å²) in [7, 11) is 0. The molecule has 4 atom stereocenters. The van der Waals surface area contributed by atoms with Crippen molar-refractivity contribution in [1.29, 1.82) is 0 Å². The Kier molecular flexibility index (Phi) is 7.14. The summed E-state index contributed by atoms with van der Waals surface area (Å²) in [4.78, 5) is 27.9. The van der Waals surface area contributed by atoms with Crippen LogP contribution in [0.3, 0.4) is 0 Å². The fourth-order valence-corrected chi connectivity index (χ4v) is 3.84. The summed E-state index contributed by atoms with van der Waals surface area (Å²) in [5, 5.41) is 13.1. The van der Waals surface area contributed by atoms with Crippen LogP contribution in [0.5, 0.6) is 0 Å². The van der Waals surface area contributed by atoms with Crippen molar-refractivity contribution in [2.24, 2.45) is 5.41 Å². The monoisotopic (exact) mass is 354 g/mol. The molecule has 0 radical (unpaired) electrons. The van der Waals surface area contributed by atoms with E-state index in [4.69, 9.17) is 4.74 Å². The van der Waals surface area contributed by atoms with Crippen LogP contribution in [0.1, 0.15) is 53.4 Å². The van der Waals surface area contributed by atoms with E-state index < -0.39 is 18.2 Å². The van der Waals surface area contributed by atoms with Gasteiger partial charge < -0.3 is 9.84 Å². The maximum atomic E-state index is 13.0. The van der Waals surface area contributed by atoms with Crippen LogP contribution in [0.25, 0.3) is 0 Å². The summed E-state index contributed by atoms with van der Waals surface area (Å²) in [5.74, 6) is -0.0544. The number of nitrogens with zero attached hydrogens (tertiary/aromatic N) is 1. The molecule has 2 aliphatic heterocycles. The van der Waals surface area contributed by atoms with Crippen molar-refractivity contribution < 1.29 is 19.4 Å². The predicted molar refractivity (Wildman–Crippen MR) is 96.5 cm³/mol. The molecule has 2 heterocycles. The summed E-state index contributed by atoms with van der Waals surface area (Å²) in [6, 6.07) is -0.846. The largest absolute Gasteiger partial charge is 0.391 e. The third kappa shape index (κ3) is 5.33. The molecule has 0 aromatic rings. The minimum atomic E-state index is -0.876. The highest BCUT2D eigenvalue weighted by Gasteiger charge is 2.39. The Morgan fingerprint density at radius 2 is 1.88 bits per heavy atom. The van der Waals surface area contributed by atoms with Gasteiger partial charge in [-0.1, -0.05) is 20.8 Å². The summed E-state index contributed by atoms with van der Waals surface area (Å²) >= 11 is 0. The molecule has 0 aliphatic carbocycles. The lowest BCUT2D eigenvalue weighted by atomic mass is 9.83. The van der Waals surface area contributed by atoms with Crippen LogP contribution in [0.4, 0.5) is 0 Å². The van der Waals surface area contributed by atoms with Crippen molar-refractivity contribution in [1.82, 2.24) is 10.2 Å².